The number of hydrogen-bond donors (Lipinski definition) is 1. The Labute approximate surface area is 110 Å². The van der Waals surface area contributed by atoms with Crippen LogP contribution in [-0.2, 0) is 12.0 Å². The number of aliphatic hydroxyl groups is 1. The molecule has 96 valence electrons. The highest BCUT2D eigenvalue weighted by atomic mass is 16.3. The van der Waals surface area contributed by atoms with Gasteiger partial charge in [-0.25, -0.2) is 0 Å². The molecule has 1 aromatic rings. The lowest BCUT2D eigenvalue weighted by molar-refractivity contribution is 0.0605. The Hall–Kier alpha value is -1.08. The van der Waals surface area contributed by atoms with E-state index in [4.69, 9.17) is 0 Å². The molecule has 0 saturated heterocycles. The van der Waals surface area contributed by atoms with E-state index in [-0.39, 0.29) is 0 Å². The molecule has 18 heavy (non-hydrogen) atoms. The van der Waals surface area contributed by atoms with Crippen LogP contribution in [0.2, 0.25) is 0 Å². The maximum atomic E-state index is 11.3. The molecule has 0 aliphatic heterocycles. The highest BCUT2D eigenvalue weighted by Crippen LogP contribution is 2.42. The molecule has 1 heteroatoms. The molecule has 0 saturated carbocycles. The van der Waals surface area contributed by atoms with Crippen molar-refractivity contribution >= 4 is 0 Å². The van der Waals surface area contributed by atoms with Gasteiger partial charge in [0.2, 0.25) is 0 Å². The molecule has 1 atom stereocenters. The largest absolute Gasteiger partial charge is 0.381 e. The first-order valence-electron chi connectivity index (χ1n) is 7.31. The van der Waals surface area contributed by atoms with Crippen LogP contribution in [0.1, 0.15) is 56.1 Å². The number of aryl methyl sites for hydroxylation is 1. The summed E-state index contributed by atoms with van der Waals surface area (Å²) in [7, 11) is 0. The zero-order chi connectivity index (χ0) is 12.4. The molecule has 2 aliphatic carbocycles. The van der Waals surface area contributed by atoms with Gasteiger partial charge in [-0.15, -0.1) is 0 Å². The van der Waals surface area contributed by atoms with E-state index in [1.807, 2.05) is 0 Å². The minimum atomic E-state index is -0.673. The fourth-order valence-corrected chi connectivity index (χ4v) is 3.52. The van der Waals surface area contributed by atoms with Crippen molar-refractivity contribution in [3.63, 3.8) is 0 Å². The minimum Gasteiger partial charge on any atom is -0.381 e. The van der Waals surface area contributed by atoms with Crippen LogP contribution in [0.15, 0.2) is 35.9 Å². The van der Waals surface area contributed by atoms with E-state index in [1.165, 1.54) is 36.0 Å². The SMILES string of the molecule is OC1(C2=CCCCC2)CCCCc2ccccc21. The lowest BCUT2D eigenvalue weighted by atomic mass is 9.77. The van der Waals surface area contributed by atoms with Gasteiger partial charge in [-0.3, -0.25) is 0 Å². The highest BCUT2D eigenvalue weighted by Gasteiger charge is 2.36. The van der Waals surface area contributed by atoms with Gasteiger partial charge in [-0.2, -0.15) is 0 Å². The second kappa shape index (κ2) is 4.89. The molecular weight excluding hydrogens is 220 g/mol. The molecule has 2 aliphatic rings. The van der Waals surface area contributed by atoms with Crippen LogP contribution in [0, 0.1) is 0 Å². The van der Waals surface area contributed by atoms with Crippen LogP contribution in [-0.4, -0.2) is 5.11 Å². The molecule has 0 amide bonds. The molecule has 0 fully saturated rings. The van der Waals surface area contributed by atoms with E-state index >= 15 is 0 Å². The summed E-state index contributed by atoms with van der Waals surface area (Å²) in [5.41, 5.74) is 3.13. The Morgan fingerprint density at radius 1 is 0.944 bits per heavy atom. The Morgan fingerprint density at radius 3 is 2.61 bits per heavy atom. The van der Waals surface area contributed by atoms with E-state index in [1.54, 1.807) is 0 Å². The van der Waals surface area contributed by atoms with Crippen molar-refractivity contribution < 1.29 is 5.11 Å². The van der Waals surface area contributed by atoms with Crippen LogP contribution in [0.4, 0.5) is 0 Å². The lowest BCUT2D eigenvalue weighted by Crippen LogP contribution is -2.29. The van der Waals surface area contributed by atoms with Gasteiger partial charge < -0.3 is 5.11 Å². The Kier molecular flexibility index (Phi) is 3.25. The van der Waals surface area contributed by atoms with Crippen molar-refractivity contribution in [3.8, 4) is 0 Å². The van der Waals surface area contributed by atoms with Crippen LogP contribution < -0.4 is 0 Å². The Balaban J connectivity index is 2.07. The van der Waals surface area contributed by atoms with Crippen LogP contribution in [0.3, 0.4) is 0 Å². The predicted octanol–water partition coefficient (Wildman–Crippen LogP) is 4.10. The van der Waals surface area contributed by atoms with Crippen molar-refractivity contribution in [3.05, 3.63) is 47.0 Å². The average Bonchev–Trinajstić information content (AvgIpc) is 2.61. The third-order valence-electron chi connectivity index (χ3n) is 4.52. The number of fused-ring (bicyclic) bond motifs is 1. The quantitative estimate of drug-likeness (QED) is 0.580. The molecular formula is C17H22O. The summed E-state index contributed by atoms with van der Waals surface area (Å²) < 4.78 is 0. The first-order chi connectivity index (χ1) is 8.81. The van der Waals surface area contributed by atoms with Crippen molar-refractivity contribution in [1.82, 2.24) is 0 Å². The molecule has 0 radical (unpaired) electrons. The Morgan fingerprint density at radius 2 is 1.78 bits per heavy atom. The monoisotopic (exact) mass is 242 g/mol. The van der Waals surface area contributed by atoms with E-state index in [2.05, 4.69) is 30.3 Å². The van der Waals surface area contributed by atoms with Gasteiger partial charge in [0.05, 0.1) is 0 Å². The molecule has 1 unspecified atom stereocenters. The second-order valence-electron chi connectivity index (χ2n) is 5.70. The summed E-state index contributed by atoms with van der Waals surface area (Å²) in [5, 5.41) is 11.3. The predicted molar refractivity (Wildman–Crippen MR) is 74.4 cm³/mol. The molecule has 0 bridgehead atoms. The van der Waals surface area contributed by atoms with Crippen molar-refractivity contribution in [1.29, 1.82) is 0 Å². The van der Waals surface area contributed by atoms with Crippen molar-refractivity contribution in [2.45, 2.75) is 57.0 Å². The molecule has 0 aromatic heterocycles. The van der Waals surface area contributed by atoms with Crippen LogP contribution in [0.5, 0.6) is 0 Å². The zero-order valence-corrected chi connectivity index (χ0v) is 11.0. The number of hydrogen-bond acceptors (Lipinski definition) is 1. The summed E-state index contributed by atoms with van der Waals surface area (Å²) in [6.45, 7) is 0. The summed E-state index contributed by atoms with van der Waals surface area (Å²) in [6, 6.07) is 8.49. The number of allylic oxidation sites excluding steroid dienone is 1. The summed E-state index contributed by atoms with van der Waals surface area (Å²) in [4.78, 5) is 0. The van der Waals surface area contributed by atoms with Crippen LogP contribution >= 0.6 is 0 Å². The third kappa shape index (κ3) is 2.01. The fraction of sp³-hybridized carbons (Fsp3) is 0.529. The maximum Gasteiger partial charge on any atom is 0.111 e. The molecule has 1 N–H and O–H groups in total. The summed E-state index contributed by atoms with van der Waals surface area (Å²) in [5.74, 6) is 0. The van der Waals surface area contributed by atoms with Gasteiger partial charge >= 0.3 is 0 Å². The van der Waals surface area contributed by atoms with Crippen molar-refractivity contribution in [2.24, 2.45) is 0 Å². The van der Waals surface area contributed by atoms with Gasteiger partial charge in [0.1, 0.15) is 5.60 Å². The van der Waals surface area contributed by atoms with Gasteiger partial charge in [-0.05, 0) is 68.1 Å². The molecule has 3 rings (SSSR count). The van der Waals surface area contributed by atoms with Gasteiger partial charge in [0.25, 0.3) is 0 Å². The molecule has 1 nitrogen and oxygen atoms in total. The molecule has 0 spiro atoms. The maximum absolute atomic E-state index is 11.3. The van der Waals surface area contributed by atoms with Gasteiger partial charge in [-0.1, -0.05) is 30.3 Å². The molecule has 1 aromatic carbocycles. The Bertz CT molecular complexity index is 460. The normalized spacial score (nSPS) is 28.2. The number of benzene rings is 1. The first kappa shape index (κ1) is 12.0. The van der Waals surface area contributed by atoms with Crippen LogP contribution in [0.25, 0.3) is 0 Å². The summed E-state index contributed by atoms with van der Waals surface area (Å²) in [6.07, 6.45) is 11.4. The van der Waals surface area contributed by atoms with Crippen molar-refractivity contribution in [2.75, 3.05) is 0 Å². The minimum absolute atomic E-state index is 0.673. The lowest BCUT2D eigenvalue weighted by Gasteiger charge is -2.33. The first-order valence-corrected chi connectivity index (χ1v) is 7.31. The smallest absolute Gasteiger partial charge is 0.111 e. The van der Waals surface area contributed by atoms with E-state index < -0.39 is 5.60 Å². The second-order valence-corrected chi connectivity index (χ2v) is 5.70. The van der Waals surface area contributed by atoms with Gasteiger partial charge in [0, 0.05) is 0 Å². The number of rotatable bonds is 1. The zero-order valence-electron chi connectivity index (χ0n) is 11.0. The van der Waals surface area contributed by atoms with E-state index in [9.17, 15) is 5.11 Å². The topological polar surface area (TPSA) is 20.2 Å². The summed E-state index contributed by atoms with van der Waals surface area (Å²) >= 11 is 0. The highest BCUT2D eigenvalue weighted by molar-refractivity contribution is 5.40. The molecule has 0 heterocycles. The average molecular weight is 242 g/mol. The van der Waals surface area contributed by atoms with Gasteiger partial charge in [0.15, 0.2) is 0 Å². The standard InChI is InChI=1S/C17H22O/c18-17(15-10-2-1-3-11-15)13-7-6-9-14-8-4-5-12-16(14)17/h4-5,8,10,12,18H,1-3,6-7,9,11,13H2. The fourth-order valence-electron chi connectivity index (χ4n) is 3.52. The van der Waals surface area contributed by atoms with E-state index in [0.29, 0.717) is 0 Å². The third-order valence-corrected chi connectivity index (χ3v) is 4.52. The van der Waals surface area contributed by atoms with E-state index in [0.717, 1.165) is 32.1 Å².